The second kappa shape index (κ2) is 5.42. The number of likely N-dealkylation sites (tertiary alicyclic amines) is 1. The topological polar surface area (TPSA) is 73.4 Å². The number of para-hydroxylation sites is 1. The lowest BCUT2D eigenvalue weighted by molar-refractivity contribution is 0.0757. The van der Waals surface area contributed by atoms with Gasteiger partial charge in [-0.3, -0.25) is 4.79 Å². The van der Waals surface area contributed by atoms with E-state index in [0.717, 1.165) is 11.8 Å². The number of hydrogen-bond donors (Lipinski definition) is 0. The first-order valence-corrected chi connectivity index (χ1v) is 7.48. The van der Waals surface area contributed by atoms with Crippen molar-refractivity contribution in [2.75, 3.05) is 20.2 Å². The number of ether oxygens (including phenoxy) is 1. The molecule has 0 aliphatic carbocycles. The Kier molecular flexibility index (Phi) is 3.25. The quantitative estimate of drug-likeness (QED) is 0.740. The van der Waals surface area contributed by atoms with Gasteiger partial charge in [0.05, 0.1) is 25.5 Å². The molecule has 1 aromatic carbocycles. The normalized spacial score (nSPS) is 17.8. The molecular formula is C16H16N4O3. The van der Waals surface area contributed by atoms with Crippen LogP contribution in [0.15, 0.2) is 41.1 Å². The largest absolute Gasteiger partial charge is 0.493 e. The van der Waals surface area contributed by atoms with Gasteiger partial charge >= 0.3 is 0 Å². The average molecular weight is 312 g/mol. The molecule has 0 saturated carbocycles. The van der Waals surface area contributed by atoms with Crippen molar-refractivity contribution >= 4 is 16.9 Å². The van der Waals surface area contributed by atoms with E-state index < -0.39 is 0 Å². The second-order valence-electron chi connectivity index (χ2n) is 5.53. The minimum atomic E-state index is -0.113. The fraction of sp³-hybridized carbons (Fsp3) is 0.312. The van der Waals surface area contributed by atoms with E-state index >= 15 is 0 Å². The van der Waals surface area contributed by atoms with Crippen LogP contribution in [-0.4, -0.2) is 46.0 Å². The summed E-state index contributed by atoms with van der Waals surface area (Å²) >= 11 is 0. The van der Waals surface area contributed by atoms with Gasteiger partial charge < -0.3 is 14.1 Å². The van der Waals surface area contributed by atoms with E-state index in [4.69, 9.17) is 9.15 Å². The number of amides is 1. The Morgan fingerprint density at radius 2 is 2.17 bits per heavy atom. The maximum atomic E-state index is 12.7. The number of carbonyl (C=O) groups is 1. The van der Waals surface area contributed by atoms with Crippen LogP contribution in [0.3, 0.4) is 0 Å². The molecule has 1 amide bonds. The van der Waals surface area contributed by atoms with E-state index in [-0.39, 0.29) is 11.9 Å². The van der Waals surface area contributed by atoms with Gasteiger partial charge in [-0.15, -0.1) is 0 Å². The monoisotopic (exact) mass is 312 g/mol. The SMILES string of the molecule is COc1cccc2cc(C(=O)N3CC[C@@H](n4nccn4)C3)oc12. The van der Waals surface area contributed by atoms with E-state index in [1.54, 1.807) is 35.3 Å². The Morgan fingerprint density at radius 1 is 1.35 bits per heavy atom. The highest BCUT2D eigenvalue weighted by Crippen LogP contribution is 2.30. The third-order valence-electron chi connectivity index (χ3n) is 4.15. The number of hydrogen-bond acceptors (Lipinski definition) is 5. The molecular weight excluding hydrogens is 296 g/mol. The molecule has 7 nitrogen and oxygen atoms in total. The first-order valence-electron chi connectivity index (χ1n) is 7.48. The molecule has 4 rings (SSSR count). The van der Waals surface area contributed by atoms with E-state index in [0.29, 0.717) is 30.2 Å². The highest BCUT2D eigenvalue weighted by atomic mass is 16.5. The standard InChI is InChI=1S/C16H16N4O3/c1-22-13-4-2-3-11-9-14(23-15(11)13)16(21)19-8-5-12(10-19)20-17-6-7-18-20/h2-4,6-7,9,12H,5,8,10H2,1H3/t12-/m1/s1. The summed E-state index contributed by atoms with van der Waals surface area (Å²) in [6.45, 7) is 1.25. The molecule has 1 aliphatic rings. The minimum absolute atomic E-state index is 0.113. The summed E-state index contributed by atoms with van der Waals surface area (Å²) < 4.78 is 11.0. The number of furan rings is 1. The van der Waals surface area contributed by atoms with Crippen LogP contribution in [-0.2, 0) is 0 Å². The third kappa shape index (κ3) is 2.34. The van der Waals surface area contributed by atoms with Crippen LogP contribution in [0.5, 0.6) is 5.75 Å². The Hall–Kier alpha value is -2.83. The Balaban J connectivity index is 1.58. The number of nitrogens with zero attached hydrogens (tertiary/aromatic N) is 4. The van der Waals surface area contributed by atoms with Crippen LogP contribution in [0, 0.1) is 0 Å². The van der Waals surface area contributed by atoms with Gasteiger partial charge in [-0.25, -0.2) is 0 Å². The van der Waals surface area contributed by atoms with Crippen molar-refractivity contribution < 1.29 is 13.9 Å². The summed E-state index contributed by atoms with van der Waals surface area (Å²) in [5.41, 5.74) is 0.600. The number of rotatable bonds is 3. The molecule has 0 bridgehead atoms. The predicted molar refractivity (Wildman–Crippen MR) is 82.3 cm³/mol. The summed E-state index contributed by atoms with van der Waals surface area (Å²) in [5, 5.41) is 9.16. The molecule has 1 fully saturated rings. The third-order valence-corrected chi connectivity index (χ3v) is 4.15. The van der Waals surface area contributed by atoms with Crippen molar-refractivity contribution in [3.8, 4) is 5.75 Å². The van der Waals surface area contributed by atoms with Gasteiger partial charge in [-0.1, -0.05) is 12.1 Å². The minimum Gasteiger partial charge on any atom is -0.493 e. The van der Waals surface area contributed by atoms with E-state index in [9.17, 15) is 4.79 Å². The molecule has 23 heavy (non-hydrogen) atoms. The van der Waals surface area contributed by atoms with Crippen molar-refractivity contribution in [3.63, 3.8) is 0 Å². The smallest absolute Gasteiger partial charge is 0.289 e. The van der Waals surface area contributed by atoms with Gasteiger partial charge in [0, 0.05) is 18.5 Å². The van der Waals surface area contributed by atoms with Crippen molar-refractivity contribution in [2.45, 2.75) is 12.5 Å². The lowest BCUT2D eigenvalue weighted by atomic mass is 10.2. The summed E-state index contributed by atoms with van der Waals surface area (Å²) in [6.07, 6.45) is 4.13. The summed E-state index contributed by atoms with van der Waals surface area (Å²) in [4.78, 5) is 16.1. The van der Waals surface area contributed by atoms with E-state index in [1.807, 2.05) is 18.2 Å². The number of fused-ring (bicyclic) bond motifs is 1. The maximum Gasteiger partial charge on any atom is 0.289 e. The summed E-state index contributed by atoms with van der Waals surface area (Å²) in [5.74, 6) is 0.845. The molecule has 1 saturated heterocycles. The number of aromatic nitrogens is 3. The van der Waals surface area contributed by atoms with Crippen molar-refractivity contribution in [1.29, 1.82) is 0 Å². The van der Waals surface area contributed by atoms with Gasteiger partial charge in [0.1, 0.15) is 0 Å². The lowest BCUT2D eigenvalue weighted by Gasteiger charge is -2.14. The Morgan fingerprint density at radius 3 is 2.96 bits per heavy atom. The Labute approximate surface area is 132 Å². The van der Waals surface area contributed by atoms with Crippen LogP contribution in [0.25, 0.3) is 11.0 Å². The Bertz CT molecular complexity index is 840. The maximum absolute atomic E-state index is 12.7. The molecule has 3 heterocycles. The average Bonchev–Trinajstić information content (AvgIpc) is 3.32. The lowest BCUT2D eigenvalue weighted by Crippen LogP contribution is -2.29. The first kappa shape index (κ1) is 13.8. The number of benzene rings is 1. The highest BCUT2D eigenvalue weighted by molar-refractivity contribution is 5.97. The summed E-state index contributed by atoms with van der Waals surface area (Å²) in [6, 6.07) is 7.47. The van der Waals surface area contributed by atoms with Crippen LogP contribution in [0.4, 0.5) is 0 Å². The number of carbonyl (C=O) groups excluding carboxylic acids is 1. The van der Waals surface area contributed by atoms with E-state index in [2.05, 4.69) is 10.2 Å². The van der Waals surface area contributed by atoms with Gasteiger partial charge in [-0.05, 0) is 18.6 Å². The van der Waals surface area contributed by atoms with Gasteiger partial charge in [0.2, 0.25) is 0 Å². The van der Waals surface area contributed by atoms with Crippen molar-refractivity contribution in [1.82, 2.24) is 19.9 Å². The van der Waals surface area contributed by atoms with Crippen LogP contribution >= 0.6 is 0 Å². The molecule has 0 N–H and O–H groups in total. The molecule has 0 unspecified atom stereocenters. The van der Waals surface area contributed by atoms with Gasteiger partial charge in [0.25, 0.3) is 5.91 Å². The zero-order chi connectivity index (χ0) is 15.8. The number of methoxy groups -OCH3 is 1. The van der Waals surface area contributed by atoms with E-state index in [1.165, 1.54) is 0 Å². The van der Waals surface area contributed by atoms with Crippen LogP contribution in [0.2, 0.25) is 0 Å². The molecule has 1 atom stereocenters. The van der Waals surface area contributed by atoms with Crippen molar-refractivity contribution in [3.05, 3.63) is 42.4 Å². The molecule has 2 aromatic heterocycles. The molecule has 1 aliphatic heterocycles. The molecule has 0 spiro atoms. The summed E-state index contributed by atoms with van der Waals surface area (Å²) in [7, 11) is 1.58. The fourth-order valence-electron chi connectivity index (χ4n) is 2.99. The van der Waals surface area contributed by atoms with Crippen molar-refractivity contribution in [2.24, 2.45) is 0 Å². The first-order chi connectivity index (χ1) is 11.3. The predicted octanol–water partition coefficient (Wildman–Crippen LogP) is 2.12. The molecule has 118 valence electrons. The zero-order valence-electron chi connectivity index (χ0n) is 12.7. The molecule has 3 aromatic rings. The molecule has 7 heteroatoms. The van der Waals surface area contributed by atoms with Crippen LogP contribution < -0.4 is 4.74 Å². The van der Waals surface area contributed by atoms with Crippen LogP contribution in [0.1, 0.15) is 23.0 Å². The second-order valence-corrected chi connectivity index (χ2v) is 5.53. The zero-order valence-corrected chi connectivity index (χ0v) is 12.7. The highest BCUT2D eigenvalue weighted by Gasteiger charge is 2.30. The fourth-order valence-corrected chi connectivity index (χ4v) is 2.99. The van der Waals surface area contributed by atoms with Gasteiger partial charge in [-0.2, -0.15) is 15.0 Å². The molecule has 0 radical (unpaired) electrons. The van der Waals surface area contributed by atoms with Gasteiger partial charge in [0.15, 0.2) is 17.1 Å².